The summed E-state index contributed by atoms with van der Waals surface area (Å²) in [6.45, 7) is 4.99. The fraction of sp³-hybridized carbons (Fsp3) is 0.286. The third-order valence-electron chi connectivity index (χ3n) is 2.75. The second kappa shape index (κ2) is 5.39. The van der Waals surface area contributed by atoms with Crippen LogP contribution in [0.5, 0.6) is 0 Å². The Morgan fingerprint density at radius 3 is 2.76 bits per heavy atom. The van der Waals surface area contributed by atoms with Crippen molar-refractivity contribution in [2.45, 2.75) is 19.9 Å². The van der Waals surface area contributed by atoms with E-state index in [2.05, 4.69) is 24.4 Å². The van der Waals surface area contributed by atoms with Crippen molar-refractivity contribution >= 4 is 11.6 Å². The van der Waals surface area contributed by atoms with Crippen LogP contribution in [0.25, 0.3) is 0 Å². The van der Waals surface area contributed by atoms with E-state index >= 15 is 0 Å². The molecule has 2 nitrogen and oxygen atoms in total. The van der Waals surface area contributed by atoms with Gasteiger partial charge in [0, 0.05) is 10.6 Å². The van der Waals surface area contributed by atoms with E-state index in [1.54, 1.807) is 12.5 Å². The molecule has 0 amide bonds. The predicted octanol–water partition coefficient (Wildman–Crippen LogP) is 3.94. The molecule has 0 saturated carbocycles. The second-order valence-electron chi connectivity index (χ2n) is 4.07. The number of halogens is 1. The Morgan fingerprint density at radius 1 is 1.35 bits per heavy atom. The standard InChI is InChI=1S/C14H16ClNO/c1-3-16-14(11-6-7-17-9-11)12-5-4-10(2)8-13(12)15/h4-9,14,16H,3H2,1-2H3. The summed E-state index contributed by atoms with van der Waals surface area (Å²) in [6.07, 6.45) is 3.44. The monoisotopic (exact) mass is 249 g/mol. The fourth-order valence-corrected chi connectivity index (χ4v) is 2.26. The first-order chi connectivity index (χ1) is 8.22. The maximum absolute atomic E-state index is 6.31. The maximum atomic E-state index is 6.31. The lowest BCUT2D eigenvalue weighted by Gasteiger charge is -2.18. The van der Waals surface area contributed by atoms with Gasteiger partial charge in [0.05, 0.1) is 18.6 Å². The number of hydrogen-bond donors (Lipinski definition) is 1. The molecule has 0 aliphatic rings. The van der Waals surface area contributed by atoms with Crippen LogP contribution in [0.15, 0.2) is 41.2 Å². The maximum Gasteiger partial charge on any atom is 0.0953 e. The first kappa shape index (κ1) is 12.2. The molecule has 0 fully saturated rings. The van der Waals surface area contributed by atoms with Gasteiger partial charge in [0.25, 0.3) is 0 Å². The van der Waals surface area contributed by atoms with E-state index in [4.69, 9.17) is 16.0 Å². The molecule has 1 aromatic heterocycles. The van der Waals surface area contributed by atoms with Gasteiger partial charge in [0.2, 0.25) is 0 Å². The molecule has 1 unspecified atom stereocenters. The summed E-state index contributed by atoms with van der Waals surface area (Å²) >= 11 is 6.31. The van der Waals surface area contributed by atoms with Crippen LogP contribution in [0.4, 0.5) is 0 Å². The molecular weight excluding hydrogens is 234 g/mol. The number of furan rings is 1. The molecule has 0 saturated heterocycles. The Kier molecular flexibility index (Phi) is 3.87. The van der Waals surface area contributed by atoms with Gasteiger partial charge in [0.1, 0.15) is 0 Å². The Balaban J connectivity index is 2.39. The van der Waals surface area contributed by atoms with Crippen molar-refractivity contribution in [3.05, 3.63) is 58.5 Å². The zero-order valence-electron chi connectivity index (χ0n) is 10.0. The third kappa shape index (κ3) is 2.71. The Morgan fingerprint density at radius 2 is 2.18 bits per heavy atom. The lowest BCUT2D eigenvalue weighted by molar-refractivity contribution is 0.553. The number of aryl methyl sites for hydroxylation is 1. The van der Waals surface area contributed by atoms with Gasteiger partial charge >= 0.3 is 0 Å². The third-order valence-corrected chi connectivity index (χ3v) is 3.08. The first-order valence-corrected chi connectivity index (χ1v) is 6.11. The molecule has 3 heteroatoms. The smallest absolute Gasteiger partial charge is 0.0953 e. The van der Waals surface area contributed by atoms with Crippen LogP contribution >= 0.6 is 11.6 Å². The summed E-state index contributed by atoms with van der Waals surface area (Å²) in [5.41, 5.74) is 3.35. The molecule has 90 valence electrons. The summed E-state index contributed by atoms with van der Waals surface area (Å²) in [6, 6.07) is 8.18. The Bertz CT molecular complexity index is 479. The molecule has 1 heterocycles. The fourth-order valence-electron chi connectivity index (χ4n) is 1.92. The average molecular weight is 250 g/mol. The van der Waals surface area contributed by atoms with Crippen molar-refractivity contribution < 1.29 is 4.42 Å². The van der Waals surface area contributed by atoms with E-state index < -0.39 is 0 Å². The highest BCUT2D eigenvalue weighted by atomic mass is 35.5. The van der Waals surface area contributed by atoms with Crippen molar-refractivity contribution in [1.29, 1.82) is 0 Å². The summed E-state index contributed by atoms with van der Waals surface area (Å²) in [5, 5.41) is 4.21. The molecule has 0 aliphatic heterocycles. The van der Waals surface area contributed by atoms with E-state index in [-0.39, 0.29) is 6.04 Å². The molecule has 0 bridgehead atoms. The minimum absolute atomic E-state index is 0.0897. The molecule has 1 aromatic carbocycles. The van der Waals surface area contributed by atoms with Crippen molar-refractivity contribution in [3.63, 3.8) is 0 Å². The zero-order valence-corrected chi connectivity index (χ0v) is 10.8. The van der Waals surface area contributed by atoms with Gasteiger partial charge in [-0.15, -0.1) is 0 Å². The van der Waals surface area contributed by atoms with Gasteiger partial charge in [0.15, 0.2) is 0 Å². The number of benzene rings is 1. The lowest BCUT2D eigenvalue weighted by Crippen LogP contribution is -2.21. The van der Waals surface area contributed by atoms with Crippen molar-refractivity contribution in [2.75, 3.05) is 6.54 Å². The van der Waals surface area contributed by atoms with Crippen LogP contribution in [0.2, 0.25) is 5.02 Å². The van der Waals surface area contributed by atoms with Crippen LogP contribution in [-0.2, 0) is 0 Å². The highest BCUT2D eigenvalue weighted by molar-refractivity contribution is 6.31. The molecule has 2 rings (SSSR count). The van der Waals surface area contributed by atoms with Crippen LogP contribution in [-0.4, -0.2) is 6.54 Å². The zero-order chi connectivity index (χ0) is 12.3. The van der Waals surface area contributed by atoms with Gasteiger partial charge in [-0.3, -0.25) is 0 Å². The van der Waals surface area contributed by atoms with Gasteiger partial charge in [-0.25, -0.2) is 0 Å². The quantitative estimate of drug-likeness (QED) is 0.888. The molecular formula is C14H16ClNO. The molecule has 2 aromatic rings. The van der Waals surface area contributed by atoms with E-state index in [1.165, 1.54) is 5.56 Å². The number of rotatable bonds is 4. The van der Waals surface area contributed by atoms with Gasteiger partial charge < -0.3 is 9.73 Å². The summed E-state index contributed by atoms with van der Waals surface area (Å²) in [4.78, 5) is 0. The van der Waals surface area contributed by atoms with Crippen molar-refractivity contribution in [1.82, 2.24) is 5.32 Å². The number of nitrogens with one attached hydrogen (secondary N) is 1. The largest absolute Gasteiger partial charge is 0.472 e. The summed E-state index contributed by atoms with van der Waals surface area (Å²) < 4.78 is 5.14. The highest BCUT2D eigenvalue weighted by Gasteiger charge is 2.16. The second-order valence-corrected chi connectivity index (χ2v) is 4.48. The minimum Gasteiger partial charge on any atom is -0.472 e. The predicted molar refractivity (Wildman–Crippen MR) is 70.4 cm³/mol. The molecule has 17 heavy (non-hydrogen) atoms. The normalized spacial score (nSPS) is 12.6. The van der Waals surface area contributed by atoms with Crippen LogP contribution in [0.1, 0.15) is 29.7 Å². The van der Waals surface area contributed by atoms with E-state index in [0.717, 1.165) is 22.7 Å². The molecule has 1 atom stereocenters. The van der Waals surface area contributed by atoms with E-state index in [1.807, 2.05) is 19.1 Å². The van der Waals surface area contributed by atoms with Crippen LogP contribution < -0.4 is 5.32 Å². The Hall–Kier alpha value is -1.25. The Labute approximate surface area is 107 Å². The van der Waals surface area contributed by atoms with Crippen molar-refractivity contribution in [3.8, 4) is 0 Å². The lowest BCUT2D eigenvalue weighted by atomic mass is 10.00. The number of hydrogen-bond acceptors (Lipinski definition) is 2. The average Bonchev–Trinajstić information content (AvgIpc) is 2.80. The first-order valence-electron chi connectivity index (χ1n) is 5.74. The van der Waals surface area contributed by atoms with Crippen LogP contribution in [0, 0.1) is 6.92 Å². The SMILES string of the molecule is CCNC(c1ccoc1)c1ccc(C)cc1Cl. The van der Waals surface area contributed by atoms with Crippen LogP contribution in [0.3, 0.4) is 0 Å². The van der Waals surface area contributed by atoms with E-state index in [0.29, 0.717) is 0 Å². The highest BCUT2D eigenvalue weighted by Crippen LogP contribution is 2.29. The van der Waals surface area contributed by atoms with Gasteiger partial charge in [-0.2, -0.15) is 0 Å². The van der Waals surface area contributed by atoms with Crippen molar-refractivity contribution in [2.24, 2.45) is 0 Å². The summed E-state index contributed by atoms with van der Waals surface area (Å²) in [7, 11) is 0. The molecule has 0 radical (unpaired) electrons. The molecule has 0 spiro atoms. The van der Waals surface area contributed by atoms with Gasteiger partial charge in [-0.05, 0) is 36.7 Å². The topological polar surface area (TPSA) is 25.2 Å². The van der Waals surface area contributed by atoms with E-state index in [9.17, 15) is 0 Å². The molecule has 1 N–H and O–H groups in total. The summed E-state index contributed by atoms with van der Waals surface area (Å²) in [5.74, 6) is 0. The molecule has 0 aliphatic carbocycles. The minimum atomic E-state index is 0.0897. The van der Waals surface area contributed by atoms with Gasteiger partial charge in [-0.1, -0.05) is 30.7 Å².